The lowest BCUT2D eigenvalue weighted by molar-refractivity contribution is -0.140. The lowest BCUT2D eigenvalue weighted by atomic mass is 9.95. The van der Waals surface area contributed by atoms with Gasteiger partial charge in [-0.15, -0.1) is 0 Å². The highest BCUT2D eigenvalue weighted by Crippen LogP contribution is 2.52. The topological polar surface area (TPSA) is 37.3 Å². The van der Waals surface area contributed by atoms with Gasteiger partial charge in [-0.3, -0.25) is 4.79 Å². The molecule has 15 heavy (non-hydrogen) atoms. The molecule has 0 atom stereocenters. The van der Waals surface area contributed by atoms with Crippen molar-refractivity contribution < 1.29 is 14.3 Å². The molecular formula is C10H7BrClFO2. The summed E-state index contributed by atoms with van der Waals surface area (Å²) in [6.07, 6.45) is 0.880. The second-order valence-electron chi connectivity index (χ2n) is 3.61. The van der Waals surface area contributed by atoms with Crippen molar-refractivity contribution in [3.8, 4) is 0 Å². The zero-order valence-electron chi connectivity index (χ0n) is 7.56. The predicted octanol–water partition coefficient (Wildman–Crippen LogP) is 3.36. The lowest BCUT2D eigenvalue weighted by Crippen LogP contribution is -2.21. The molecule has 0 aliphatic heterocycles. The van der Waals surface area contributed by atoms with Crippen molar-refractivity contribution in [2.24, 2.45) is 0 Å². The fourth-order valence-corrected chi connectivity index (χ4v) is 2.33. The minimum atomic E-state index is -1.11. The van der Waals surface area contributed by atoms with Crippen molar-refractivity contribution in [2.45, 2.75) is 18.3 Å². The number of carbonyl (C=O) groups is 1. The second kappa shape index (κ2) is 3.46. The Morgan fingerprint density at radius 3 is 2.60 bits per heavy atom. The van der Waals surface area contributed by atoms with Crippen molar-refractivity contribution in [2.75, 3.05) is 0 Å². The zero-order valence-corrected chi connectivity index (χ0v) is 9.90. The van der Waals surface area contributed by atoms with Gasteiger partial charge in [-0.1, -0.05) is 11.6 Å². The third kappa shape index (κ3) is 1.56. The van der Waals surface area contributed by atoms with Gasteiger partial charge in [0.25, 0.3) is 0 Å². The molecule has 1 aliphatic rings. The van der Waals surface area contributed by atoms with Crippen LogP contribution in [0, 0.1) is 5.82 Å². The van der Waals surface area contributed by atoms with Crippen LogP contribution >= 0.6 is 27.5 Å². The summed E-state index contributed by atoms with van der Waals surface area (Å²) in [6.45, 7) is 0. The molecule has 2 nitrogen and oxygen atoms in total. The van der Waals surface area contributed by atoms with Gasteiger partial charge in [-0.25, -0.2) is 4.39 Å². The van der Waals surface area contributed by atoms with E-state index in [2.05, 4.69) is 15.9 Å². The van der Waals surface area contributed by atoms with Crippen molar-refractivity contribution >= 4 is 33.5 Å². The summed E-state index contributed by atoms with van der Waals surface area (Å²) >= 11 is 9.07. The van der Waals surface area contributed by atoms with Crippen LogP contribution < -0.4 is 0 Å². The van der Waals surface area contributed by atoms with Crippen molar-refractivity contribution in [3.05, 3.63) is 33.0 Å². The van der Waals surface area contributed by atoms with Crippen LogP contribution in [-0.4, -0.2) is 11.1 Å². The van der Waals surface area contributed by atoms with Crippen LogP contribution in [-0.2, 0) is 10.2 Å². The maximum absolute atomic E-state index is 13.6. The van der Waals surface area contributed by atoms with Crippen molar-refractivity contribution in [3.63, 3.8) is 0 Å². The van der Waals surface area contributed by atoms with Gasteiger partial charge in [-0.05, 0) is 40.9 Å². The summed E-state index contributed by atoms with van der Waals surface area (Å²) in [4.78, 5) is 11.1. The lowest BCUT2D eigenvalue weighted by Gasteiger charge is -2.14. The van der Waals surface area contributed by atoms with Gasteiger partial charge in [-0.2, -0.15) is 0 Å². The fourth-order valence-electron chi connectivity index (χ4n) is 1.66. The van der Waals surface area contributed by atoms with Crippen LogP contribution in [0.4, 0.5) is 4.39 Å². The molecule has 1 N–H and O–H groups in total. The molecular weight excluding hydrogens is 286 g/mol. The smallest absolute Gasteiger partial charge is 0.314 e. The van der Waals surface area contributed by atoms with E-state index in [1.54, 1.807) is 0 Å². The van der Waals surface area contributed by atoms with E-state index in [-0.39, 0.29) is 10.6 Å². The number of aliphatic carboxylic acids is 1. The quantitative estimate of drug-likeness (QED) is 0.849. The highest BCUT2D eigenvalue weighted by Gasteiger charge is 2.54. The van der Waals surface area contributed by atoms with Gasteiger partial charge < -0.3 is 5.11 Å². The van der Waals surface area contributed by atoms with Crippen LogP contribution in [0.5, 0.6) is 0 Å². The first-order chi connectivity index (χ1) is 6.99. The largest absolute Gasteiger partial charge is 0.481 e. The third-order valence-corrected chi connectivity index (χ3v) is 3.96. The molecule has 0 spiro atoms. The summed E-state index contributed by atoms with van der Waals surface area (Å²) in [5, 5.41) is 9.22. The monoisotopic (exact) mass is 292 g/mol. The Kier molecular flexibility index (Phi) is 2.51. The molecule has 2 rings (SSSR count). The van der Waals surface area contributed by atoms with Crippen molar-refractivity contribution in [1.29, 1.82) is 0 Å². The molecule has 1 aromatic rings. The number of carboxylic acid groups (broad SMARTS) is 1. The normalized spacial score (nSPS) is 17.5. The van der Waals surface area contributed by atoms with Gasteiger partial charge in [0.1, 0.15) is 5.82 Å². The number of hydrogen-bond acceptors (Lipinski definition) is 1. The van der Waals surface area contributed by atoms with Crippen LogP contribution in [0.2, 0.25) is 5.02 Å². The fraction of sp³-hybridized carbons (Fsp3) is 0.300. The van der Waals surface area contributed by atoms with Gasteiger partial charge in [0, 0.05) is 10.0 Å². The van der Waals surface area contributed by atoms with E-state index in [1.807, 2.05) is 0 Å². The standard InChI is InChI=1S/C10H7BrClFO2/c11-5-1-2-6(13)7(8(5)12)10(3-4-10)9(14)15/h1-2H,3-4H2,(H,14,15). The van der Waals surface area contributed by atoms with Crippen LogP contribution in [0.25, 0.3) is 0 Å². The number of rotatable bonds is 2. The molecule has 0 radical (unpaired) electrons. The zero-order chi connectivity index (χ0) is 11.2. The van der Waals surface area contributed by atoms with Crippen LogP contribution in [0.3, 0.4) is 0 Å². The van der Waals surface area contributed by atoms with E-state index in [1.165, 1.54) is 12.1 Å². The molecule has 0 bridgehead atoms. The molecule has 5 heteroatoms. The number of benzene rings is 1. The average molecular weight is 294 g/mol. The molecule has 0 unspecified atom stereocenters. The van der Waals surface area contributed by atoms with E-state index in [4.69, 9.17) is 16.7 Å². The summed E-state index contributed by atoms with van der Waals surface area (Å²) in [5.41, 5.74) is -1.00. The third-order valence-electron chi connectivity index (χ3n) is 2.68. The molecule has 1 saturated carbocycles. The van der Waals surface area contributed by atoms with Gasteiger partial charge in [0.15, 0.2) is 0 Å². The molecule has 0 heterocycles. The van der Waals surface area contributed by atoms with Gasteiger partial charge >= 0.3 is 5.97 Å². The van der Waals surface area contributed by atoms with Gasteiger partial charge in [0.2, 0.25) is 0 Å². The predicted molar refractivity (Wildman–Crippen MR) is 57.7 cm³/mol. The number of carboxylic acids is 1. The highest BCUT2D eigenvalue weighted by molar-refractivity contribution is 9.10. The Hall–Kier alpha value is -0.610. The maximum atomic E-state index is 13.6. The Bertz CT molecular complexity index is 443. The van der Waals surface area contributed by atoms with Crippen LogP contribution in [0.1, 0.15) is 18.4 Å². The van der Waals surface area contributed by atoms with Gasteiger partial charge in [0.05, 0.1) is 10.4 Å². The summed E-state index contributed by atoms with van der Waals surface area (Å²) in [7, 11) is 0. The minimum Gasteiger partial charge on any atom is -0.481 e. The Morgan fingerprint density at radius 2 is 2.13 bits per heavy atom. The maximum Gasteiger partial charge on any atom is 0.314 e. The first-order valence-electron chi connectivity index (χ1n) is 4.36. The molecule has 1 aliphatic carbocycles. The minimum absolute atomic E-state index is 0.103. The summed E-state index contributed by atoms with van der Waals surface area (Å²) in [5.74, 6) is -1.57. The Labute approximate surface area is 99.2 Å². The molecule has 0 amide bonds. The number of halogens is 3. The first kappa shape index (κ1) is 10.9. The van der Waals surface area contributed by atoms with E-state index < -0.39 is 17.2 Å². The molecule has 1 fully saturated rings. The van der Waals surface area contributed by atoms with E-state index in [0.717, 1.165) is 0 Å². The first-order valence-corrected chi connectivity index (χ1v) is 5.53. The Balaban J connectivity index is 2.62. The molecule has 0 aromatic heterocycles. The molecule has 80 valence electrons. The van der Waals surface area contributed by atoms with E-state index in [0.29, 0.717) is 17.3 Å². The highest BCUT2D eigenvalue weighted by atomic mass is 79.9. The summed E-state index contributed by atoms with van der Waals surface area (Å²) < 4.78 is 14.1. The molecule has 0 saturated heterocycles. The Morgan fingerprint density at radius 1 is 1.53 bits per heavy atom. The SMILES string of the molecule is O=C(O)C1(c2c(F)ccc(Br)c2Cl)CC1. The van der Waals surface area contributed by atoms with E-state index >= 15 is 0 Å². The van der Waals surface area contributed by atoms with Crippen LogP contribution in [0.15, 0.2) is 16.6 Å². The molecule has 1 aromatic carbocycles. The second-order valence-corrected chi connectivity index (χ2v) is 4.84. The summed E-state index contributed by atoms with van der Waals surface area (Å²) in [6, 6.07) is 2.70. The van der Waals surface area contributed by atoms with Crippen molar-refractivity contribution in [1.82, 2.24) is 0 Å². The van der Waals surface area contributed by atoms with E-state index in [9.17, 15) is 9.18 Å². The average Bonchev–Trinajstić information content (AvgIpc) is 2.93. The number of hydrogen-bond donors (Lipinski definition) is 1.